The molecule has 0 saturated heterocycles. The number of ether oxygens (including phenoxy) is 1. The predicted octanol–water partition coefficient (Wildman–Crippen LogP) is 3.01. The molecule has 0 fully saturated rings. The van der Waals surface area contributed by atoms with Gasteiger partial charge in [-0.05, 0) is 24.1 Å². The maximum atomic E-state index is 8.66. The van der Waals surface area contributed by atoms with E-state index < -0.39 is 0 Å². The molecule has 0 unspecified atom stereocenters. The SMILES string of the molecule is COCCN(CCC#N)Cc1ccc(C)cc1Cl. The zero-order chi connectivity index (χ0) is 13.4. The molecule has 0 radical (unpaired) electrons. The van der Waals surface area contributed by atoms with Gasteiger partial charge in [-0.25, -0.2) is 0 Å². The van der Waals surface area contributed by atoms with Gasteiger partial charge in [-0.15, -0.1) is 0 Å². The second kappa shape index (κ2) is 8.10. The van der Waals surface area contributed by atoms with Gasteiger partial charge in [-0.3, -0.25) is 4.90 Å². The highest BCUT2D eigenvalue weighted by Gasteiger charge is 2.08. The number of halogens is 1. The molecule has 4 heteroatoms. The Morgan fingerprint density at radius 1 is 1.39 bits per heavy atom. The minimum absolute atomic E-state index is 0.521. The zero-order valence-electron chi connectivity index (χ0n) is 10.9. The molecular formula is C14H19ClN2O. The van der Waals surface area contributed by atoms with E-state index in [2.05, 4.69) is 17.0 Å². The molecule has 0 aliphatic carbocycles. The smallest absolute Gasteiger partial charge is 0.0635 e. The summed E-state index contributed by atoms with van der Waals surface area (Å²) in [5.74, 6) is 0. The van der Waals surface area contributed by atoms with E-state index in [-0.39, 0.29) is 0 Å². The Bertz CT molecular complexity index is 415. The monoisotopic (exact) mass is 266 g/mol. The van der Waals surface area contributed by atoms with Crippen LogP contribution in [0.4, 0.5) is 0 Å². The lowest BCUT2D eigenvalue weighted by Gasteiger charge is -2.21. The van der Waals surface area contributed by atoms with Crippen LogP contribution >= 0.6 is 11.6 Å². The van der Waals surface area contributed by atoms with Crippen molar-refractivity contribution in [3.05, 3.63) is 34.3 Å². The lowest BCUT2D eigenvalue weighted by atomic mass is 10.1. The summed E-state index contributed by atoms with van der Waals surface area (Å²) in [7, 11) is 1.68. The quantitative estimate of drug-likeness (QED) is 0.761. The fraction of sp³-hybridized carbons (Fsp3) is 0.500. The van der Waals surface area contributed by atoms with Crippen molar-refractivity contribution in [2.24, 2.45) is 0 Å². The van der Waals surface area contributed by atoms with Crippen LogP contribution in [-0.2, 0) is 11.3 Å². The van der Waals surface area contributed by atoms with Gasteiger partial charge in [0.2, 0.25) is 0 Å². The van der Waals surface area contributed by atoms with Gasteiger partial charge in [0.15, 0.2) is 0 Å². The van der Waals surface area contributed by atoms with E-state index in [9.17, 15) is 0 Å². The second-order valence-corrected chi connectivity index (χ2v) is 4.68. The molecule has 0 heterocycles. The molecule has 0 spiro atoms. The molecule has 1 aromatic rings. The number of aryl methyl sites for hydroxylation is 1. The molecule has 0 atom stereocenters. The van der Waals surface area contributed by atoms with Crippen LogP contribution in [0.3, 0.4) is 0 Å². The topological polar surface area (TPSA) is 36.3 Å². The largest absolute Gasteiger partial charge is 0.383 e. The number of methoxy groups -OCH3 is 1. The highest BCUT2D eigenvalue weighted by Crippen LogP contribution is 2.19. The van der Waals surface area contributed by atoms with Crippen molar-refractivity contribution < 1.29 is 4.74 Å². The van der Waals surface area contributed by atoms with Crippen molar-refractivity contribution in [1.82, 2.24) is 4.90 Å². The first-order chi connectivity index (χ1) is 8.67. The summed E-state index contributed by atoms with van der Waals surface area (Å²) in [6.45, 7) is 4.99. The van der Waals surface area contributed by atoms with Crippen LogP contribution in [0.1, 0.15) is 17.5 Å². The lowest BCUT2D eigenvalue weighted by Crippen LogP contribution is -2.28. The average molecular weight is 267 g/mol. The molecule has 1 aromatic carbocycles. The van der Waals surface area contributed by atoms with Gasteiger partial charge in [-0.1, -0.05) is 23.7 Å². The van der Waals surface area contributed by atoms with E-state index in [1.165, 1.54) is 0 Å². The van der Waals surface area contributed by atoms with Gasteiger partial charge in [0, 0.05) is 38.2 Å². The van der Waals surface area contributed by atoms with Crippen molar-refractivity contribution in [1.29, 1.82) is 5.26 Å². The number of nitrogens with zero attached hydrogens (tertiary/aromatic N) is 2. The van der Waals surface area contributed by atoms with Gasteiger partial charge in [0.25, 0.3) is 0 Å². The summed E-state index contributed by atoms with van der Waals surface area (Å²) in [5, 5.41) is 9.45. The molecular weight excluding hydrogens is 248 g/mol. The highest BCUT2D eigenvalue weighted by atomic mass is 35.5. The summed E-state index contributed by atoms with van der Waals surface area (Å²) in [6, 6.07) is 8.24. The van der Waals surface area contributed by atoms with E-state index in [1.807, 2.05) is 19.1 Å². The summed E-state index contributed by atoms with van der Waals surface area (Å²) in [6.07, 6.45) is 0.521. The summed E-state index contributed by atoms with van der Waals surface area (Å²) >= 11 is 6.22. The number of benzene rings is 1. The number of nitriles is 1. The Balaban J connectivity index is 2.66. The minimum Gasteiger partial charge on any atom is -0.383 e. The number of hydrogen-bond donors (Lipinski definition) is 0. The Morgan fingerprint density at radius 2 is 2.17 bits per heavy atom. The Morgan fingerprint density at radius 3 is 2.78 bits per heavy atom. The van der Waals surface area contributed by atoms with E-state index in [0.717, 1.165) is 35.8 Å². The Kier molecular flexibility index (Phi) is 6.74. The van der Waals surface area contributed by atoms with Crippen molar-refractivity contribution in [2.75, 3.05) is 26.8 Å². The maximum Gasteiger partial charge on any atom is 0.0635 e. The fourth-order valence-corrected chi connectivity index (χ4v) is 2.01. The van der Waals surface area contributed by atoms with Gasteiger partial charge in [0.1, 0.15) is 0 Å². The minimum atomic E-state index is 0.521. The van der Waals surface area contributed by atoms with Crippen molar-refractivity contribution in [2.45, 2.75) is 19.9 Å². The molecule has 0 amide bonds. The summed E-state index contributed by atoms with van der Waals surface area (Å²) < 4.78 is 5.08. The second-order valence-electron chi connectivity index (χ2n) is 4.27. The van der Waals surface area contributed by atoms with Crippen molar-refractivity contribution in [3.8, 4) is 6.07 Å². The molecule has 0 N–H and O–H groups in total. The van der Waals surface area contributed by atoms with Crippen LogP contribution < -0.4 is 0 Å². The van der Waals surface area contributed by atoms with Crippen molar-refractivity contribution >= 4 is 11.6 Å². The number of hydrogen-bond acceptors (Lipinski definition) is 3. The van der Waals surface area contributed by atoms with Gasteiger partial charge >= 0.3 is 0 Å². The third-order valence-corrected chi connectivity index (χ3v) is 3.11. The third-order valence-electron chi connectivity index (χ3n) is 2.75. The van der Waals surface area contributed by atoms with Crippen LogP contribution in [0.5, 0.6) is 0 Å². The third kappa shape index (κ3) is 5.05. The molecule has 0 aliphatic heterocycles. The summed E-state index contributed by atoms with van der Waals surface area (Å²) in [4.78, 5) is 2.18. The van der Waals surface area contributed by atoms with Crippen molar-refractivity contribution in [3.63, 3.8) is 0 Å². The molecule has 18 heavy (non-hydrogen) atoms. The van der Waals surface area contributed by atoms with E-state index in [0.29, 0.717) is 13.0 Å². The molecule has 0 aliphatic rings. The van der Waals surface area contributed by atoms with Gasteiger partial charge in [0.05, 0.1) is 12.7 Å². The molecule has 1 rings (SSSR count). The normalized spacial score (nSPS) is 10.6. The Hall–Kier alpha value is -1.08. The first-order valence-electron chi connectivity index (χ1n) is 6.00. The molecule has 98 valence electrons. The van der Waals surface area contributed by atoms with E-state index >= 15 is 0 Å². The standard InChI is InChI=1S/C14H19ClN2O/c1-12-4-5-13(14(15)10-12)11-17(7-3-6-16)8-9-18-2/h4-5,10H,3,7-9,11H2,1-2H3. The summed E-state index contributed by atoms with van der Waals surface area (Å²) in [5.41, 5.74) is 2.25. The molecule has 0 saturated carbocycles. The number of rotatable bonds is 7. The fourth-order valence-electron chi connectivity index (χ4n) is 1.72. The average Bonchev–Trinajstić information content (AvgIpc) is 2.35. The van der Waals surface area contributed by atoms with Crippen LogP contribution in [0, 0.1) is 18.3 Å². The lowest BCUT2D eigenvalue weighted by molar-refractivity contribution is 0.145. The highest BCUT2D eigenvalue weighted by molar-refractivity contribution is 6.31. The van der Waals surface area contributed by atoms with Crippen LogP contribution in [0.15, 0.2) is 18.2 Å². The predicted molar refractivity (Wildman–Crippen MR) is 73.6 cm³/mol. The van der Waals surface area contributed by atoms with Crippen LogP contribution in [0.25, 0.3) is 0 Å². The first-order valence-corrected chi connectivity index (χ1v) is 6.38. The van der Waals surface area contributed by atoms with Crippen LogP contribution in [-0.4, -0.2) is 31.7 Å². The maximum absolute atomic E-state index is 8.66. The zero-order valence-corrected chi connectivity index (χ0v) is 11.7. The van der Waals surface area contributed by atoms with Gasteiger partial charge in [-0.2, -0.15) is 5.26 Å². The molecule has 0 bridgehead atoms. The molecule has 3 nitrogen and oxygen atoms in total. The molecule has 0 aromatic heterocycles. The first kappa shape index (κ1) is 15.0. The van der Waals surface area contributed by atoms with Crippen LogP contribution in [0.2, 0.25) is 5.02 Å². The van der Waals surface area contributed by atoms with Gasteiger partial charge < -0.3 is 4.74 Å². The van der Waals surface area contributed by atoms with E-state index in [1.54, 1.807) is 7.11 Å². The Labute approximate surface area is 114 Å². The van der Waals surface area contributed by atoms with E-state index in [4.69, 9.17) is 21.6 Å².